The van der Waals surface area contributed by atoms with Crippen LogP contribution in [0.5, 0.6) is 5.75 Å². The van der Waals surface area contributed by atoms with Crippen LogP contribution in [0.2, 0.25) is 0 Å². The number of fused-ring (bicyclic) bond motifs is 1. The highest BCUT2D eigenvalue weighted by Gasteiger charge is 2.43. The van der Waals surface area contributed by atoms with Gasteiger partial charge < -0.3 is 14.6 Å². The van der Waals surface area contributed by atoms with Crippen LogP contribution in [0.25, 0.3) is 0 Å². The Hall–Kier alpha value is -0.580. The van der Waals surface area contributed by atoms with Crippen LogP contribution in [-0.4, -0.2) is 23.4 Å². The highest BCUT2D eigenvalue weighted by molar-refractivity contribution is 9.10. The lowest BCUT2D eigenvalue weighted by Crippen LogP contribution is -2.47. The van der Waals surface area contributed by atoms with Gasteiger partial charge in [0.25, 0.3) is 0 Å². The third kappa shape index (κ3) is 2.17. The molecule has 0 aromatic heterocycles. The molecule has 0 saturated carbocycles. The van der Waals surface area contributed by atoms with Gasteiger partial charge in [-0.3, -0.25) is 0 Å². The molecule has 18 heavy (non-hydrogen) atoms. The molecule has 0 radical (unpaired) electrons. The molecule has 2 aliphatic rings. The second-order valence-corrected chi connectivity index (χ2v) is 6.24. The molecule has 3 rings (SSSR count). The van der Waals surface area contributed by atoms with Crippen LogP contribution in [0.4, 0.5) is 0 Å². The first-order valence-electron chi connectivity index (χ1n) is 6.36. The Morgan fingerprint density at radius 2 is 2.22 bits per heavy atom. The molecular weight excluding hydrogens is 296 g/mol. The summed E-state index contributed by atoms with van der Waals surface area (Å²) in [5, 5.41) is 10.3. The summed E-state index contributed by atoms with van der Waals surface area (Å²) < 4.78 is 12.8. The van der Waals surface area contributed by atoms with E-state index < -0.39 is 6.10 Å². The SMILES string of the molecule is CC1CC2(CCO1)C[C@@H](O)c1ccc(Br)cc1O2. The fourth-order valence-corrected chi connectivity index (χ4v) is 3.36. The Morgan fingerprint density at radius 1 is 1.39 bits per heavy atom. The zero-order valence-corrected chi connectivity index (χ0v) is 11.9. The van der Waals surface area contributed by atoms with Gasteiger partial charge in [-0.05, 0) is 19.1 Å². The van der Waals surface area contributed by atoms with Gasteiger partial charge in [0.15, 0.2) is 0 Å². The van der Waals surface area contributed by atoms with Crippen molar-refractivity contribution in [1.82, 2.24) is 0 Å². The van der Waals surface area contributed by atoms with E-state index in [2.05, 4.69) is 22.9 Å². The van der Waals surface area contributed by atoms with E-state index in [1.807, 2.05) is 18.2 Å². The first kappa shape index (κ1) is 12.5. The topological polar surface area (TPSA) is 38.7 Å². The molecule has 2 aliphatic heterocycles. The molecule has 1 aromatic carbocycles. The summed E-state index contributed by atoms with van der Waals surface area (Å²) in [4.78, 5) is 0. The molecule has 2 heterocycles. The van der Waals surface area contributed by atoms with Gasteiger partial charge in [0.1, 0.15) is 11.4 Å². The van der Waals surface area contributed by atoms with Crippen molar-refractivity contribution in [3.63, 3.8) is 0 Å². The van der Waals surface area contributed by atoms with E-state index >= 15 is 0 Å². The Bertz CT molecular complexity index is 462. The van der Waals surface area contributed by atoms with E-state index in [9.17, 15) is 5.11 Å². The fraction of sp³-hybridized carbons (Fsp3) is 0.571. The van der Waals surface area contributed by atoms with E-state index in [-0.39, 0.29) is 11.7 Å². The molecule has 3 atom stereocenters. The highest BCUT2D eigenvalue weighted by Crippen LogP contribution is 2.45. The van der Waals surface area contributed by atoms with Crippen molar-refractivity contribution in [3.8, 4) is 5.75 Å². The van der Waals surface area contributed by atoms with Gasteiger partial charge >= 0.3 is 0 Å². The average molecular weight is 313 g/mol. The summed E-state index contributed by atoms with van der Waals surface area (Å²) in [6.07, 6.45) is 2.11. The van der Waals surface area contributed by atoms with Gasteiger partial charge in [0, 0.05) is 29.3 Å². The van der Waals surface area contributed by atoms with Crippen LogP contribution < -0.4 is 4.74 Å². The van der Waals surface area contributed by atoms with Crippen molar-refractivity contribution in [2.24, 2.45) is 0 Å². The van der Waals surface area contributed by atoms with Crippen LogP contribution in [0.1, 0.15) is 37.9 Å². The number of ether oxygens (including phenoxy) is 2. The van der Waals surface area contributed by atoms with E-state index in [1.54, 1.807) is 0 Å². The van der Waals surface area contributed by atoms with Crippen molar-refractivity contribution in [1.29, 1.82) is 0 Å². The maximum Gasteiger partial charge on any atom is 0.127 e. The summed E-state index contributed by atoms with van der Waals surface area (Å²) >= 11 is 3.45. The minimum absolute atomic E-state index is 0.194. The predicted octanol–water partition coefficient (Wildman–Crippen LogP) is 3.20. The lowest BCUT2D eigenvalue weighted by Gasteiger charge is -2.44. The van der Waals surface area contributed by atoms with Gasteiger partial charge in [0.2, 0.25) is 0 Å². The summed E-state index contributed by atoms with van der Waals surface area (Å²) in [7, 11) is 0. The van der Waals surface area contributed by atoms with Gasteiger partial charge in [-0.1, -0.05) is 22.0 Å². The first-order chi connectivity index (χ1) is 8.58. The number of benzene rings is 1. The maximum atomic E-state index is 10.3. The summed E-state index contributed by atoms with van der Waals surface area (Å²) in [5.74, 6) is 0.803. The molecule has 0 bridgehead atoms. The Kier molecular flexibility index (Phi) is 3.12. The van der Waals surface area contributed by atoms with E-state index in [0.717, 1.165) is 28.6 Å². The normalized spacial score (nSPS) is 35.1. The molecule has 2 unspecified atom stereocenters. The van der Waals surface area contributed by atoms with Crippen molar-refractivity contribution in [2.45, 2.75) is 44.0 Å². The fourth-order valence-electron chi connectivity index (χ4n) is 3.02. The minimum Gasteiger partial charge on any atom is -0.487 e. The van der Waals surface area contributed by atoms with Crippen molar-refractivity contribution in [3.05, 3.63) is 28.2 Å². The number of rotatable bonds is 0. The van der Waals surface area contributed by atoms with Gasteiger partial charge in [0.05, 0.1) is 18.8 Å². The van der Waals surface area contributed by atoms with Crippen molar-refractivity contribution < 1.29 is 14.6 Å². The Balaban J connectivity index is 1.94. The summed E-state index contributed by atoms with van der Waals surface area (Å²) in [6.45, 7) is 2.77. The van der Waals surface area contributed by atoms with Crippen LogP contribution in [0.15, 0.2) is 22.7 Å². The molecule has 1 N–H and O–H groups in total. The largest absolute Gasteiger partial charge is 0.487 e. The predicted molar refractivity (Wildman–Crippen MR) is 71.7 cm³/mol. The molecule has 1 saturated heterocycles. The van der Waals surface area contributed by atoms with Crippen LogP contribution in [0, 0.1) is 0 Å². The monoisotopic (exact) mass is 312 g/mol. The van der Waals surface area contributed by atoms with E-state index in [0.29, 0.717) is 13.0 Å². The van der Waals surface area contributed by atoms with Crippen LogP contribution >= 0.6 is 15.9 Å². The molecule has 0 aliphatic carbocycles. The first-order valence-corrected chi connectivity index (χ1v) is 7.15. The van der Waals surface area contributed by atoms with Crippen LogP contribution in [-0.2, 0) is 4.74 Å². The molecule has 1 fully saturated rings. The van der Waals surface area contributed by atoms with Gasteiger partial charge in [-0.2, -0.15) is 0 Å². The lowest BCUT2D eigenvalue weighted by molar-refractivity contribution is -0.111. The van der Waals surface area contributed by atoms with Crippen molar-refractivity contribution in [2.75, 3.05) is 6.61 Å². The number of aliphatic hydroxyl groups is 1. The van der Waals surface area contributed by atoms with Crippen molar-refractivity contribution >= 4 is 15.9 Å². The zero-order chi connectivity index (χ0) is 12.8. The standard InChI is InChI=1S/C14H17BrO3/c1-9-7-14(4-5-17-9)8-12(16)11-3-2-10(15)6-13(11)18-14/h2-3,6,9,12,16H,4-5,7-8H2,1H3/t9?,12-,14?/m1/s1. The number of hydrogen-bond acceptors (Lipinski definition) is 3. The van der Waals surface area contributed by atoms with Gasteiger partial charge in [-0.25, -0.2) is 0 Å². The smallest absolute Gasteiger partial charge is 0.127 e. The third-order valence-electron chi connectivity index (χ3n) is 3.85. The van der Waals surface area contributed by atoms with E-state index in [4.69, 9.17) is 9.47 Å². The average Bonchev–Trinajstić information content (AvgIpc) is 2.27. The Labute approximate surface area is 115 Å². The molecule has 1 aromatic rings. The second-order valence-electron chi connectivity index (χ2n) is 5.32. The minimum atomic E-state index is -0.438. The summed E-state index contributed by atoms with van der Waals surface area (Å²) in [5.41, 5.74) is 0.633. The quantitative estimate of drug-likeness (QED) is 0.799. The third-order valence-corrected chi connectivity index (χ3v) is 4.34. The van der Waals surface area contributed by atoms with Gasteiger partial charge in [-0.15, -0.1) is 0 Å². The number of aliphatic hydroxyl groups excluding tert-OH is 1. The highest BCUT2D eigenvalue weighted by atomic mass is 79.9. The Morgan fingerprint density at radius 3 is 3.00 bits per heavy atom. The maximum absolute atomic E-state index is 10.3. The molecular formula is C14H17BrO3. The molecule has 3 nitrogen and oxygen atoms in total. The number of hydrogen-bond donors (Lipinski definition) is 1. The summed E-state index contributed by atoms with van der Waals surface area (Å²) in [6, 6.07) is 5.81. The molecule has 4 heteroatoms. The lowest BCUT2D eigenvalue weighted by atomic mass is 9.81. The molecule has 98 valence electrons. The van der Waals surface area contributed by atoms with Crippen LogP contribution in [0.3, 0.4) is 0 Å². The molecule has 0 amide bonds. The molecule has 1 spiro atoms. The second kappa shape index (κ2) is 4.51. The number of halogens is 1. The zero-order valence-electron chi connectivity index (χ0n) is 10.4. The van der Waals surface area contributed by atoms with E-state index in [1.165, 1.54) is 0 Å².